The molecule has 0 unspecified atom stereocenters. The van der Waals surface area contributed by atoms with Crippen LogP contribution in [0.4, 0.5) is 0 Å². The maximum atomic E-state index is 12.4. The molecule has 7 heteroatoms. The predicted molar refractivity (Wildman–Crippen MR) is 74.1 cm³/mol. The summed E-state index contributed by atoms with van der Waals surface area (Å²) < 4.78 is 26.3. The molecular weight excluding hydrogens is 286 g/mol. The van der Waals surface area contributed by atoms with E-state index in [9.17, 15) is 13.2 Å². The number of benzene rings is 1. The van der Waals surface area contributed by atoms with Gasteiger partial charge in [0, 0.05) is 18.8 Å². The number of carbonyl (C=O) groups is 1. The molecule has 1 N–H and O–H groups in total. The van der Waals surface area contributed by atoms with Gasteiger partial charge in [0.05, 0.1) is 10.5 Å². The minimum absolute atomic E-state index is 0.00901. The second kappa shape index (κ2) is 5.94. The Morgan fingerprint density at radius 2 is 2.05 bits per heavy atom. The normalized spacial score (nSPS) is 17.9. The first-order valence-corrected chi connectivity index (χ1v) is 8.52. The van der Waals surface area contributed by atoms with Gasteiger partial charge in [-0.1, -0.05) is 6.07 Å². The van der Waals surface area contributed by atoms with Gasteiger partial charge in [-0.15, -0.1) is 0 Å². The lowest BCUT2D eigenvalue weighted by atomic mass is 10.2. The zero-order chi connectivity index (χ0) is 13.9. The molecule has 0 amide bonds. The monoisotopic (exact) mass is 301 g/mol. The number of aromatic carboxylic acids is 1. The minimum Gasteiger partial charge on any atom is -0.478 e. The molecular formula is C12H15NO4S2. The Bertz CT molecular complexity index is 563. The number of hydrogen-bond donors (Lipinski definition) is 1. The van der Waals surface area contributed by atoms with E-state index in [4.69, 9.17) is 5.11 Å². The summed E-state index contributed by atoms with van der Waals surface area (Å²) in [4.78, 5) is 11.0. The van der Waals surface area contributed by atoms with Gasteiger partial charge in [0.2, 0.25) is 10.0 Å². The number of rotatable bonds is 3. The van der Waals surface area contributed by atoms with E-state index in [2.05, 4.69) is 0 Å². The van der Waals surface area contributed by atoms with Crippen LogP contribution >= 0.6 is 11.8 Å². The Morgan fingerprint density at radius 3 is 2.79 bits per heavy atom. The molecule has 1 saturated heterocycles. The average Bonchev–Trinajstić information content (AvgIpc) is 2.68. The molecule has 19 heavy (non-hydrogen) atoms. The fourth-order valence-electron chi connectivity index (χ4n) is 1.90. The fourth-order valence-corrected chi connectivity index (χ4v) is 4.43. The molecule has 0 spiro atoms. The van der Waals surface area contributed by atoms with Crippen molar-refractivity contribution in [3.05, 3.63) is 29.8 Å². The van der Waals surface area contributed by atoms with Crippen LogP contribution < -0.4 is 0 Å². The molecule has 104 valence electrons. The Balaban J connectivity index is 2.32. The molecule has 0 aromatic heterocycles. The third-order valence-electron chi connectivity index (χ3n) is 2.90. The Morgan fingerprint density at radius 1 is 1.26 bits per heavy atom. The standard InChI is InChI=1S/C12H15NO4S2/c14-12(15)10-3-1-4-11(9-10)19(16,17)13-5-2-7-18-8-6-13/h1,3-4,9H,2,5-8H2,(H,14,15). The lowest BCUT2D eigenvalue weighted by molar-refractivity contribution is 0.0696. The second-order valence-electron chi connectivity index (χ2n) is 4.20. The highest BCUT2D eigenvalue weighted by molar-refractivity contribution is 7.99. The van der Waals surface area contributed by atoms with E-state index >= 15 is 0 Å². The quantitative estimate of drug-likeness (QED) is 0.916. The summed E-state index contributed by atoms with van der Waals surface area (Å²) in [5.41, 5.74) is -0.00901. The SMILES string of the molecule is O=C(O)c1cccc(S(=O)(=O)N2CCCSCC2)c1. The van der Waals surface area contributed by atoms with Crippen molar-refractivity contribution in [1.82, 2.24) is 4.31 Å². The van der Waals surface area contributed by atoms with Crippen molar-refractivity contribution in [3.63, 3.8) is 0 Å². The molecule has 1 aromatic rings. The van der Waals surface area contributed by atoms with E-state index in [1.54, 1.807) is 11.8 Å². The van der Waals surface area contributed by atoms with Crippen molar-refractivity contribution in [3.8, 4) is 0 Å². The molecule has 5 nitrogen and oxygen atoms in total. The van der Waals surface area contributed by atoms with Crippen molar-refractivity contribution in [1.29, 1.82) is 0 Å². The van der Waals surface area contributed by atoms with Crippen LogP contribution in [0.3, 0.4) is 0 Å². The minimum atomic E-state index is -3.58. The van der Waals surface area contributed by atoms with Gasteiger partial charge in [0.1, 0.15) is 0 Å². The largest absolute Gasteiger partial charge is 0.478 e. The summed E-state index contributed by atoms with van der Waals surface area (Å²) in [6.07, 6.45) is 0.822. The number of nitrogens with zero attached hydrogens (tertiary/aromatic N) is 1. The van der Waals surface area contributed by atoms with Gasteiger partial charge >= 0.3 is 5.97 Å². The number of hydrogen-bond acceptors (Lipinski definition) is 4. The third kappa shape index (κ3) is 3.29. The smallest absolute Gasteiger partial charge is 0.335 e. The number of carboxylic acids is 1. The van der Waals surface area contributed by atoms with E-state index in [0.29, 0.717) is 13.1 Å². The van der Waals surface area contributed by atoms with E-state index in [-0.39, 0.29) is 10.5 Å². The van der Waals surface area contributed by atoms with Gasteiger partial charge in [-0.05, 0) is 30.4 Å². The molecule has 1 fully saturated rings. The van der Waals surface area contributed by atoms with Crippen LogP contribution in [0.1, 0.15) is 16.8 Å². The van der Waals surface area contributed by atoms with E-state index in [0.717, 1.165) is 17.9 Å². The molecule has 1 aliphatic heterocycles. The molecule has 0 bridgehead atoms. The first-order chi connectivity index (χ1) is 9.01. The maximum Gasteiger partial charge on any atom is 0.335 e. The van der Waals surface area contributed by atoms with Crippen LogP contribution in [0.2, 0.25) is 0 Å². The van der Waals surface area contributed by atoms with Gasteiger partial charge in [0.25, 0.3) is 0 Å². The van der Waals surface area contributed by atoms with Gasteiger partial charge in [0.15, 0.2) is 0 Å². The van der Waals surface area contributed by atoms with Gasteiger partial charge in [-0.2, -0.15) is 16.1 Å². The van der Waals surface area contributed by atoms with Gasteiger partial charge < -0.3 is 5.11 Å². The van der Waals surface area contributed by atoms with Crippen molar-refractivity contribution in [2.24, 2.45) is 0 Å². The molecule has 0 aliphatic carbocycles. The lowest BCUT2D eigenvalue weighted by Crippen LogP contribution is -2.33. The van der Waals surface area contributed by atoms with Crippen LogP contribution in [0.25, 0.3) is 0 Å². The first-order valence-electron chi connectivity index (χ1n) is 5.93. The Kier molecular flexibility index (Phi) is 4.49. The molecule has 0 radical (unpaired) electrons. The highest BCUT2D eigenvalue weighted by Gasteiger charge is 2.25. The zero-order valence-electron chi connectivity index (χ0n) is 10.3. The second-order valence-corrected chi connectivity index (χ2v) is 7.37. The Labute approximate surface area is 116 Å². The molecule has 1 heterocycles. The van der Waals surface area contributed by atoms with Crippen molar-refractivity contribution in [2.75, 3.05) is 24.6 Å². The summed E-state index contributed by atoms with van der Waals surface area (Å²) >= 11 is 1.74. The van der Waals surface area contributed by atoms with Crippen molar-refractivity contribution in [2.45, 2.75) is 11.3 Å². The summed E-state index contributed by atoms with van der Waals surface area (Å²) in [5, 5.41) is 8.92. The maximum absolute atomic E-state index is 12.4. The third-order valence-corrected chi connectivity index (χ3v) is 5.84. The van der Waals surface area contributed by atoms with Gasteiger partial charge in [-0.25, -0.2) is 13.2 Å². The lowest BCUT2D eigenvalue weighted by Gasteiger charge is -2.19. The highest BCUT2D eigenvalue weighted by Crippen LogP contribution is 2.20. The van der Waals surface area contributed by atoms with Gasteiger partial charge in [-0.3, -0.25) is 0 Å². The zero-order valence-corrected chi connectivity index (χ0v) is 11.9. The van der Waals surface area contributed by atoms with E-state index < -0.39 is 16.0 Å². The molecule has 2 rings (SSSR count). The number of sulfonamides is 1. The van der Waals surface area contributed by atoms with Crippen molar-refractivity contribution < 1.29 is 18.3 Å². The van der Waals surface area contributed by atoms with Crippen LogP contribution in [0.15, 0.2) is 29.2 Å². The predicted octanol–water partition coefficient (Wildman–Crippen LogP) is 1.51. The first kappa shape index (κ1) is 14.4. The summed E-state index contributed by atoms with van der Waals surface area (Å²) in [6.45, 7) is 0.969. The number of carboxylic acid groups (broad SMARTS) is 1. The topological polar surface area (TPSA) is 74.7 Å². The summed E-state index contributed by atoms with van der Waals surface area (Å²) in [7, 11) is -3.58. The molecule has 0 saturated carbocycles. The van der Waals surface area contributed by atoms with Crippen LogP contribution in [-0.4, -0.2) is 48.4 Å². The fraction of sp³-hybridized carbons (Fsp3) is 0.417. The highest BCUT2D eigenvalue weighted by atomic mass is 32.2. The van der Waals surface area contributed by atoms with E-state index in [1.807, 2.05) is 0 Å². The number of thioether (sulfide) groups is 1. The van der Waals surface area contributed by atoms with Crippen molar-refractivity contribution >= 4 is 27.8 Å². The molecule has 1 aliphatic rings. The van der Waals surface area contributed by atoms with Crippen LogP contribution in [-0.2, 0) is 10.0 Å². The van der Waals surface area contributed by atoms with Crippen LogP contribution in [0.5, 0.6) is 0 Å². The van der Waals surface area contributed by atoms with E-state index in [1.165, 1.54) is 28.6 Å². The molecule has 1 aromatic carbocycles. The summed E-state index contributed by atoms with van der Waals surface area (Å²) in [6, 6.07) is 5.51. The van der Waals surface area contributed by atoms with Crippen LogP contribution in [0, 0.1) is 0 Å². The molecule has 0 atom stereocenters. The Hall–Kier alpha value is -1.05. The summed E-state index contributed by atoms with van der Waals surface area (Å²) in [5.74, 6) is 0.613. The average molecular weight is 301 g/mol.